The lowest BCUT2D eigenvalue weighted by Crippen LogP contribution is -2.45. The van der Waals surface area contributed by atoms with Gasteiger partial charge in [0.05, 0.1) is 17.4 Å². The average molecular weight is 512 g/mol. The van der Waals surface area contributed by atoms with Crippen LogP contribution in [0.25, 0.3) is 0 Å². The summed E-state index contributed by atoms with van der Waals surface area (Å²) in [6.07, 6.45) is 7.58. The Kier molecular flexibility index (Phi) is 6.10. The van der Waals surface area contributed by atoms with Crippen LogP contribution in [0.15, 0.2) is 71.3 Å². The maximum Gasteiger partial charge on any atom is 0.337 e. The second-order valence-electron chi connectivity index (χ2n) is 11.6. The number of aliphatic hydroxyl groups is 1. The van der Waals surface area contributed by atoms with Gasteiger partial charge in [0.25, 0.3) is 5.91 Å². The van der Waals surface area contributed by atoms with Crippen LogP contribution < -0.4 is 5.32 Å². The molecule has 2 fully saturated rings. The van der Waals surface area contributed by atoms with Gasteiger partial charge in [0.1, 0.15) is 0 Å². The molecule has 5 unspecified atom stereocenters. The molecule has 0 aliphatic heterocycles. The molecule has 3 N–H and O–H groups in total. The van der Waals surface area contributed by atoms with Crippen molar-refractivity contribution in [3.63, 3.8) is 0 Å². The minimum absolute atomic E-state index is 0.0455. The van der Waals surface area contributed by atoms with E-state index in [-0.39, 0.29) is 40.4 Å². The fourth-order valence-electron chi connectivity index (χ4n) is 7.77. The second kappa shape index (κ2) is 9.35. The Morgan fingerprint density at radius 1 is 0.974 bits per heavy atom. The maximum atomic E-state index is 13.0. The van der Waals surface area contributed by atoms with E-state index in [1.54, 1.807) is 30.3 Å². The van der Waals surface area contributed by atoms with Crippen LogP contribution in [0.4, 0.5) is 5.69 Å². The van der Waals surface area contributed by atoms with E-state index in [4.69, 9.17) is 0 Å². The zero-order valence-corrected chi connectivity index (χ0v) is 21.6. The molecule has 196 valence electrons. The van der Waals surface area contributed by atoms with Gasteiger partial charge in [-0.2, -0.15) is 0 Å². The van der Waals surface area contributed by atoms with Crippen LogP contribution in [0.3, 0.4) is 0 Å². The number of carbonyl (C=O) groups excluding carboxylic acids is 2. The minimum atomic E-state index is -1.09. The highest BCUT2D eigenvalue weighted by Crippen LogP contribution is 2.63. The lowest BCUT2D eigenvalue weighted by Gasteiger charge is -2.52. The molecule has 2 aromatic rings. The van der Waals surface area contributed by atoms with Crippen molar-refractivity contribution >= 4 is 23.3 Å². The number of hydrogen-bond donors (Lipinski definition) is 3. The molecule has 0 bridgehead atoms. The number of para-hydroxylation sites is 1. The first kappa shape index (κ1) is 24.8. The van der Waals surface area contributed by atoms with Gasteiger partial charge in [0, 0.05) is 17.9 Å². The van der Waals surface area contributed by atoms with Crippen LogP contribution in [0, 0.1) is 17.3 Å². The Bertz CT molecular complexity index is 1390. The van der Waals surface area contributed by atoms with Crippen LogP contribution in [0.2, 0.25) is 0 Å². The van der Waals surface area contributed by atoms with Gasteiger partial charge in [0.2, 0.25) is 0 Å². The number of benzene rings is 2. The van der Waals surface area contributed by atoms with Crippen molar-refractivity contribution in [3.05, 3.63) is 88.0 Å². The summed E-state index contributed by atoms with van der Waals surface area (Å²) in [6.45, 7) is 2.25. The summed E-state index contributed by atoms with van der Waals surface area (Å²) in [4.78, 5) is 36.7. The number of carboxylic acids is 1. The number of aromatic carboxylic acids is 1. The van der Waals surface area contributed by atoms with Gasteiger partial charge in [-0.1, -0.05) is 36.8 Å². The topological polar surface area (TPSA) is 104 Å². The van der Waals surface area contributed by atoms with Crippen molar-refractivity contribution in [1.29, 1.82) is 0 Å². The van der Waals surface area contributed by atoms with Gasteiger partial charge < -0.3 is 15.5 Å². The molecule has 4 aliphatic carbocycles. The van der Waals surface area contributed by atoms with Gasteiger partial charge >= 0.3 is 5.97 Å². The van der Waals surface area contributed by atoms with Crippen molar-refractivity contribution in [2.45, 2.75) is 63.9 Å². The van der Waals surface area contributed by atoms with Crippen molar-refractivity contribution in [3.8, 4) is 0 Å². The number of fused-ring (bicyclic) bond motifs is 4. The fraction of sp³-hybridized carbons (Fsp3) is 0.406. The molecule has 6 heteroatoms. The van der Waals surface area contributed by atoms with Gasteiger partial charge in [-0.25, -0.2) is 4.79 Å². The third-order valence-corrected chi connectivity index (χ3v) is 9.66. The highest BCUT2D eigenvalue weighted by Gasteiger charge is 2.56. The third kappa shape index (κ3) is 4.02. The first-order chi connectivity index (χ1) is 18.3. The van der Waals surface area contributed by atoms with Gasteiger partial charge in [-0.15, -0.1) is 0 Å². The van der Waals surface area contributed by atoms with Crippen LogP contribution in [-0.4, -0.2) is 34.0 Å². The molecule has 0 heterocycles. The van der Waals surface area contributed by atoms with E-state index in [0.717, 1.165) is 44.1 Å². The summed E-state index contributed by atoms with van der Waals surface area (Å²) in [7, 11) is 0. The van der Waals surface area contributed by atoms with Crippen LogP contribution >= 0.6 is 0 Å². The van der Waals surface area contributed by atoms with E-state index in [1.807, 2.05) is 18.2 Å². The van der Waals surface area contributed by atoms with E-state index < -0.39 is 5.97 Å². The quantitative estimate of drug-likeness (QED) is 0.474. The molecule has 5 atom stereocenters. The Morgan fingerprint density at radius 3 is 2.50 bits per heavy atom. The predicted molar refractivity (Wildman–Crippen MR) is 144 cm³/mol. The summed E-state index contributed by atoms with van der Waals surface area (Å²) in [6, 6.07) is 14.0. The monoisotopic (exact) mass is 511 g/mol. The number of rotatable bonds is 4. The summed E-state index contributed by atoms with van der Waals surface area (Å²) in [5.74, 6) is -0.243. The molecular formula is C32H33NO5. The second-order valence-corrected chi connectivity index (χ2v) is 11.6. The van der Waals surface area contributed by atoms with E-state index in [2.05, 4.69) is 12.2 Å². The predicted octanol–water partition coefficient (Wildman–Crippen LogP) is 5.90. The maximum absolute atomic E-state index is 13.0. The van der Waals surface area contributed by atoms with Crippen molar-refractivity contribution in [1.82, 2.24) is 0 Å². The average Bonchev–Trinajstić information content (AvgIpc) is 3.22. The molecule has 2 saturated carbocycles. The number of carboxylic acid groups (broad SMARTS) is 1. The molecule has 6 rings (SSSR count). The Hall–Kier alpha value is -3.51. The SMILES string of the molecule is CC12CC(c3ccc(C(=O)Nc4ccccc4C(=O)O)cc3)C3=C4CCC(=O)C=C4CCC3C1CCC2O. The molecule has 0 radical (unpaired) electrons. The van der Waals surface area contributed by atoms with Crippen LogP contribution in [0.1, 0.15) is 84.1 Å². The Morgan fingerprint density at radius 2 is 1.74 bits per heavy atom. The summed E-state index contributed by atoms with van der Waals surface area (Å²) in [5.41, 5.74) is 5.76. The normalized spacial score (nSPS) is 30.2. The van der Waals surface area contributed by atoms with E-state index >= 15 is 0 Å². The fourth-order valence-corrected chi connectivity index (χ4v) is 7.77. The van der Waals surface area contributed by atoms with Gasteiger partial charge in [-0.3, -0.25) is 9.59 Å². The van der Waals surface area contributed by atoms with E-state index in [1.165, 1.54) is 22.8 Å². The highest BCUT2D eigenvalue weighted by molar-refractivity contribution is 6.07. The molecule has 0 saturated heterocycles. The van der Waals surface area contributed by atoms with Crippen LogP contribution in [0.5, 0.6) is 0 Å². The molecule has 1 amide bonds. The summed E-state index contributed by atoms with van der Waals surface area (Å²) >= 11 is 0. The van der Waals surface area contributed by atoms with E-state index in [9.17, 15) is 24.6 Å². The molecule has 2 aromatic carbocycles. The first-order valence-corrected chi connectivity index (χ1v) is 13.6. The van der Waals surface area contributed by atoms with Gasteiger partial charge in [-0.05, 0) is 103 Å². The lowest BCUT2D eigenvalue weighted by molar-refractivity contribution is -0.114. The minimum Gasteiger partial charge on any atom is -0.478 e. The Labute approximate surface area is 222 Å². The zero-order valence-electron chi connectivity index (χ0n) is 21.6. The lowest BCUT2D eigenvalue weighted by atomic mass is 9.53. The largest absolute Gasteiger partial charge is 0.478 e. The Balaban J connectivity index is 1.34. The van der Waals surface area contributed by atoms with E-state index in [0.29, 0.717) is 23.8 Å². The number of hydrogen-bond acceptors (Lipinski definition) is 4. The third-order valence-electron chi connectivity index (χ3n) is 9.66. The first-order valence-electron chi connectivity index (χ1n) is 13.6. The number of aliphatic hydroxyl groups excluding tert-OH is 1. The molecule has 4 aliphatic rings. The van der Waals surface area contributed by atoms with Crippen molar-refractivity contribution in [2.24, 2.45) is 17.3 Å². The number of nitrogens with one attached hydrogen (secondary N) is 1. The molecule has 0 aromatic heterocycles. The summed E-state index contributed by atoms with van der Waals surface area (Å²) in [5, 5.41) is 23.2. The molecule has 6 nitrogen and oxygen atoms in total. The van der Waals surface area contributed by atoms with Crippen molar-refractivity contribution in [2.75, 3.05) is 5.32 Å². The summed E-state index contributed by atoms with van der Waals surface area (Å²) < 4.78 is 0. The number of allylic oxidation sites excluding steroid dienone is 4. The zero-order chi connectivity index (χ0) is 26.6. The highest BCUT2D eigenvalue weighted by atomic mass is 16.4. The number of carbonyl (C=O) groups is 3. The van der Waals surface area contributed by atoms with Crippen LogP contribution in [-0.2, 0) is 4.79 Å². The molecular weight excluding hydrogens is 478 g/mol. The van der Waals surface area contributed by atoms with Crippen molar-refractivity contribution < 1.29 is 24.6 Å². The standard InChI is InChI=1S/C32H33NO5/c1-32-17-25(18-6-8-19(9-7-18)30(36)33-27-5-3-2-4-24(27)31(37)38)29-22-13-11-21(34)16-20(22)10-12-23(29)26(32)14-15-28(32)35/h2-9,16,23,25-26,28,35H,10-15,17H2,1H3,(H,33,36)(H,37,38). The number of ketones is 1. The number of amides is 1. The molecule has 0 spiro atoms. The molecule has 38 heavy (non-hydrogen) atoms. The van der Waals surface area contributed by atoms with Gasteiger partial charge in [0.15, 0.2) is 5.78 Å². The number of anilines is 1. The smallest absolute Gasteiger partial charge is 0.337 e.